The van der Waals surface area contributed by atoms with Crippen LogP contribution < -0.4 is 10.6 Å². The molecule has 1 saturated heterocycles. The van der Waals surface area contributed by atoms with E-state index in [0.29, 0.717) is 12.1 Å². The number of amides is 1. The molecule has 1 heterocycles. The molecule has 1 amide bonds. The minimum Gasteiger partial charge on any atom is -0.377 e. The molecule has 4 nitrogen and oxygen atoms in total. The number of para-hydroxylation sites is 1. The summed E-state index contributed by atoms with van der Waals surface area (Å²) in [6.07, 6.45) is 2.59. The number of rotatable bonds is 5. The predicted octanol–water partition coefficient (Wildman–Crippen LogP) is 2.30. The molecule has 2 N–H and O–H groups in total. The molecule has 2 rings (SSSR count). The van der Waals surface area contributed by atoms with Gasteiger partial charge in [-0.1, -0.05) is 18.2 Å². The smallest absolute Gasteiger partial charge is 0.221 e. The van der Waals surface area contributed by atoms with E-state index in [1.165, 1.54) is 6.92 Å². The van der Waals surface area contributed by atoms with Crippen molar-refractivity contribution in [1.29, 1.82) is 0 Å². The maximum absolute atomic E-state index is 11.2. The molecule has 19 heavy (non-hydrogen) atoms. The van der Waals surface area contributed by atoms with Crippen LogP contribution in [-0.4, -0.2) is 24.7 Å². The van der Waals surface area contributed by atoms with Crippen molar-refractivity contribution in [2.45, 2.75) is 45.4 Å². The summed E-state index contributed by atoms with van der Waals surface area (Å²) in [5.41, 5.74) is 1.98. The highest BCUT2D eigenvalue weighted by Gasteiger charge is 2.21. The molecule has 0 aromatic heterocycles. The van der Waals surface area contributed by atoms with E-state index < -0.39 is 0 Å². The molecule has 0 saturated carbocycles. The molecule has 1 aliphatic heterocycles. The number of nitrogens with one attached hydrogen (secondary N) is 2. The molecule has 0 spiro atoms. The summed E-state index contributed by atoms with van der Waals surface area (Å²) >= 11 is 0. The SMILES string of the molecule is CC(=O)Nc1ccccc1CNC(C)C1CCCO1. The lowest BCUT2D eigenvalue weighted by Crippen LogP contribution is -2.36. The second-order valence-corrected chi connectivity index (χ2v) is 5.06. The average molecular weight is 262 g/mol. The van der Waals surface area contributed by atoms with Crippen LogP contribution in [0.2, 0.25) is 0 Å². The average Bonchev–Trinajstić information content (AvgIpc) is 2.90. The fourth-order valence-electron chi connectivity index (χ4n) is 2.39. The first kappa shape index (κ1) is 14.0. The molecule has 1 aromatic rings. The third kappa shape index (κ3) is 4.04. The first-order valence-electron chi connectivity index (χ1n) is 6.87. The number of hydrogen-bond donors (Lipinski definition) is 2. The van der Waals surface area contributed by atoms with Gasteiger partial charge < -0.3 is 15.4 Å². The van der Waals surface area contributed by atoms with Crippen LogP contribution in [0.5, 0.6) is 0 Å². The van der Waals surface area contributed by atoms with Crippen LogP contribution in [0.25, 0.3) is 0 Å². The fourth-order valence-corrected chi connectivity index (χ4v) is 2.39. The van der Waals surface area contributed by atoms with Gasteiger partial charge in [0.05, 0.1) is 6.10 Å². The normalized spacial score (nSPS) is 20.2. The standard InChI is InChI=1S/C15H22N2O2/c1-11(15-8-5-9-19-15)16-10-13-6-3-4-7-14(13)17-12(2)18/h3-4,6-7,11,15-16H,5,8-10H2,1-2H3,(H,17,18). The quantitative estimate of drug-likeness (QED) is 0.856. The Morgan fingerprint density at radius 2 is 2.26 bits per heavy atom. The van der Waals surface area contributed by atoms with Gasteiger partial charge in [-0.25, -0.2) is 0 Å². The second kappa shape index (κ2) is 6.68. The lowest BCUT2D eigenvalue weighted by molar-refractivity contribution is -0.114. The van der Waals surface area contributed by atoms with E-state index in [0.717, 1.165) is 37.2 Å². The summed E-state index contributed by atoms with van der Waals surface area (Å²) in [4.78, 5) is 11.2. The monoisotopic (exact) mass is 262 g/mol. The lowest BCUT2D eigenvalue weighted by atomic mass is 10.1. The van der Waals surface area contributed by atoms with E-state index >= 15 is 0 Å². The van der Waals surface area contributed by atoms with Crippen molar-refractivity contribution >= 4 is 11.6 Å². The zero-order valence-corrected chi connectivity index (χ0v) is 11.6. The molecule has 0 radical (unpaired) electrons. The first-order valence-corrected chi connectivity index (χ1v) is 6.87. The van der Waals surface area contributed by atoms with Crippen molar-refractivity contribution in [1.82, 2.24) is 5.32 Å². The highest BCUT2D eigenvalue weighted by Crippen LogP contribution is 2.18. The Morgan fingerprint density at radius 1 is 1.47 bits per heavy atom. The van der Waals surface area contributed by atoms with Crippen LogP contribution in [0, 0.1) is 0 Å². The lowest BCUT2D eigenvalue weighted by Gasteiger charge is -2.21. The molecular formula is C15H22N2O2. The zero-order valence-electron chi connectivity index (χ0n) is 11.6. The number of ether oxygens (including phenoxy) is 1. The third-order valence-electron chi connectivity index (χ3n) is 3.47. The van der Waals surface area contributed by atoms with Crippen molar-refractivity contribution in [2.24, 2.45) is 0 Å². The summed E-state index contributed by atoms with van der Waals surface area (Å²) in [6, 6.07) is 8.19. The Morgan fingerprint density at radius 3 is 2.95 bits per heavy atom. The van der Waals surface area contributed by atoms with E-state index in [1.807, 2.05) is 24.3 Å². The Hall–Kier alpha value is -1.39. The molecule has 4 heteroatoms. The summed E-state index contributed by atoms with van der Waals surface area (Å²) in [7, 11) is 0. The van der Waals surface area contributed by atoms with Crippen molar-refractivity contribution in [2.75, 3.05) is 11.9 Å². The molecule has 1 aliphatic rings. The molecule has 1 fully saturated rings. The van der Waals surface area contributed by atoms with E-state index in [1.54, 1.807) is 0 Å². The largest absolute Gasteiger partial charge is 0.377 e. The molecule has 2 unspecified atom stereocenters. The topological polar surface area (TPSA) is 50.4 Å². The zero-order chi connectivity index (χ0) is 13.7. The number of carbonyl (C=O) groups is 1. The highest BCUT2D eigenvalue weighted by molar-refractivity contribution is 5.89. The molecule has 0 bridgehead atoms. The Kier molecular flexibility index (Phi) is 4.93. The van der Waals surface area contributed by atoms with Crippen LogP contribution in [0.1, 0.15) is 32.3 Å². The summed E-state index contributed by atoms with van der Waals surface area (Å²) in [5, 5.41) is 6.33. The molecule has 1 aromatic carbocycles. The minimum atomic E-state index is -0.0420. The van der Waals surface area contributed by atoms with Gasteiger partial charge in [0.25, 0.3) is 0 Å². The van der Waals surface area contributed by atoms with Gasteiger partial charge in [0.15, 0.2) is 0 Å². The fraction of sp³-hybridized carbons (Fsp3) is 0.533. The Balaban J connectivity index is 1.92. The van der Waals surface area contributed by atoms with E-state index in [9.17, 15) is 4.79 Å². The van der Waals surface area contributed by atoms with Gasteiger partial charge in [-0.15, -0.1) is 0 Å². The summed E-state index contributed by atoms with van der Waals surface area (Å²) < 4.78 is 5.67. The molecule has 104 valence electrons. The predicted molar refractivity (Wildman–Crippen MR) is 76.0 cm³/mol. The molecule has 2 atom stereocenters. The van der Waals surface area contributed by atoms with Gasteiger partial charge in [-0.05, 0) is 31.4 Å². The first-order chi connectivity index (χ1) is 9.16. The van der Waals surface area contributed by atoms with Gasteiger partial charge in [-0.3, -0.25) is 4.79 Å². The summed E-state index contributed by atoms with van der Waals surface area (Å²) in [6.45, 7) is 5.28. The van der Waals surface area contributed by atoms with Crippen LogP contribution in [-0.2, 0) is 16.1 Å². The van der Waals surface area contributed by atoms with Crippen LogP contribution >= 0.6 is 0 Å². The van der Waals surface area contributed by atoms with E-state index in [2.05, 4.69) is 17.6 Å². The second-order valence-electron chi connectivity index (χ2n) is 5.06. The van der Waals surface area contributed by atoms with E-state index in [-0.39, 0.29) is 5.91 Å². The van der Waals surface area contributed by atoms with Crippen molar-refractivity contribution in [3.63, 3.8) is 0 Å². The minimum absolute atomic E-state index is 0.0420. The van der Waals surface area contributed by atoms with E-state index in [4.69, 9.17) is 4.74 Å². The van der Waals surface area contributed by atoms with Crippen molar-refractivity contribution in [3.8, 4) is 0 Å². The maximum Gasteiger partial charge on any atom is 0.221 e. The number of benzene rings is 1. The van der Waals surface area contributed by atoms with Gasteiger partial charge in [0, 0.05) is 31.8 Å². The van der Waals surface area contributed by atoms with Crippen LogP contribution in [0.4, 0.5) is 5.69 Å². The number of carbonyl (C=O) groups excluding carboxylic acids is 1. The van der Waals surface area contributed by atoms with Gasteiger partial charge in [-0.2, -0.15) is 0 Å². The number of hydrogen-bond acceptors (Lipinski definition) is 3. The molecular weight excluding hydrogens is 240 g/mol. The molecule has 0 aliphatic carbocycles. The number of anilines is 1. The van der Waals surface area contributed by atoms with Crippen LogP contribution in [0.3, 0.4) is 0 Å². The Bertz CT molecular complexity index is 428. The summed E-state index contributed by atoms with van der Waals surface area (Å²) in [5.74, 6) is -0.0420. The van der Waals surface area contributed by atoms with Crippen molar-refractivity contribution in [3.05, 3.63) is 29.8 Å². The van der Waals surface area contributed by atoms with Gasteiger partial charge in [0.2, 0.25) is 5.91 Å². The van der Waals surface area contributed by atoms with Gasteiger partial charge >= 0.3 is 0 Å². The van der Waals surface area contributed by atoms with Crippen LogP contribution in [0.15, 0.2) is 24.3 Å². The van der Waals surface area contributed by atoms with Gasteiger partial charge in [0.1, 0.15) is 0 Å². The highest BCUT2D eigenvalue weighted by atomic mass is 16.5. The third-order valence-corrected chi connectivity index (χ3v) is 3.47. The maximum atomic E-state index is 11.2. The Labute approximate surface area is 114 Å². The van der Waals surface area contributed by atoms with Crippen molar-refractivity contribution < 1.29 is 9.53 Å².